The molecule has 0 aliphatic rings. The molecule has 0 aliphatic heterocycles. The second kappa shape index (κ2) is 6.57. The lowest BCUT2D eigenvalue weighted by Gasteiger charge is -2.26. The average Bonchev–Trinajstić information content (AvgIpc) is 2.87. The minimum absolute atomic E-state index is 0.124. The summed E-state index contributed by atoms with van der Waals surface area (Å²) in [6.07, 6.45) is 1.68. The van der Waals surface area contributed by atoms with Crippen LogP contribution < -0.4 is 5.73 Å². The monoisotopic (exact) mass is 342 g/mol. The zero-order valence-corrected chi connectivity index (χ0v) is 13.0. The summed E-state index contributed by atoms with van der Waals surface area (Å²) < 4.78 is 6.25. The number of nitrogens with zero attached hydrogens (tertiary/aromatic N) is 1. The normalized spacial score (nSPS) is 12.9. The fourth-order valence-electron chi connectivity index (χ4n) is 2.05. The largest absolute Gasteiger partial charge is 0.468 e. The summed E-state index contributed by atoms with van der Waals surface area (Å²) in [6, 6.07) is 9.87. The standard InChI is InChI=1S/C14H16BrClN2O/c1-18(9-11-3-2-6-19-11)14(8-17)10-4-5-13(16)12(15)7-10/h2-7,14H,8-9,17H2,1H3. The van der Waals surface area contributed by atoms with Gasteiger partial charge in [0.2, 0.25) is 0 Å². The van der Waals surface area contributed by atoms with Gasteiger partial charge in [-0.3, -0.25) is 4.90 Å². The summed E-state index contributed by atoms with van der Waals surface area (Å²) in [5.41, 5.74) is 7.03. The van der Waals surface area contributed by atoms with Crippen LogP contribution in [0, 0.1) is 0 Å². The van der Waals surface area contributed by atoms with E-state index in [1.54, 1.807) is 6.26 Å². The van der Waals surface area contributed by atoms with Gasteiger partial charge in [0, 0.05) is 17.1 Å². The van der Waals surface area contributed by atoms with Gasteiger partial charge in [-0.05, 0) is 52.8 Å². The van der Waals surface area contributed by atoms with E-state index in [4.69, 9.17) is 21.8 Å². The third kappa shape index (κ3) is 3.60. The van der Waals surface area contributed by atoms with Crippen molar-refractivity contribution >= 4 is 27.5 Å². The number of likely N-dealkylation sites (N-methyl/N-ethyl adjacent to an activating group) is 1. The molecule has 5 heteroatoms. The molecule has 1 heterocycles. The second-order valence-corrected chi connectivity index (χ2v) is 5.68. The quantitative estimate of drug-likeness (QED) is 0.897. The maximum Gasteiger partial charge on any atom is 0.117 e. The third-order valence-electron chi connectivity index (χ3n) is 3.07. The van der Waals surface area contributed by atoms with Gasteiger partial charge in [-0.25, -0.2) is 0 Å². The Hall–Kier alpha value is -0.810. The first-order valence-electron chi connectivity index (χ1n) is 5.99. The van der Waals surface area contributed by atoms with E-state index in [9.17, 15) is 0 Å². The molecule has 0 saturated heterocycles. The van der Waals surface area contributed by atoms with E-state index in [0.717, 1.165) is 22.3 Å². The average molecular weight is 344 g/mol. The van der Waals surface area contributed by atoms with Crippen LogP contribution in [0.5, 0.6) is 0 Å². The van der Waals surface area contributed by atoms with Crippen LogP contribution in [0.15, 0.2) is 45.5 Å². The molecule has 0 aliphatic carbocycles. The number of nitrogens with two attached hydrogens (primary N) is 1. The molecule has 0 saturated carbocycles. The van der Waals surface area contributed by atoms with Crippen LogP contribution in [-0.4, -0.2) is 18.5 Å². The first kappa shape index (κ1) is 14.6. The molecular formula is C14H16BrClN2O. The molecule has 19 heavy (non-hydrogen) atoms. The van der Waals surface area contributed by atoms with Crippen molar-refractivity contribution in [3.63, 3.8) is 0 Å². The Balaban J connectivity index is 2.16. The highest BCUT2D eigenvalue weighted by Crippen LogP contribution is 2.28. The van der Waals surface area contributed by atoms with Gasteiger partial charge in [0.05, 0.1) is 17.8 Å². The van der Waals surface area contributed by atoms with Crippen molar-refractivity contribution in [3.8, 4) is 0 Å². The predicted molar refractivity (Wildman–Crippen MR) is 81.1 cm³/mol. The van der Waals surface area contributed by atoms with E-state index in [1.807, 2.05) is 37.4 Å². The minimum atomic E-state index is 0.124. The number of halogens is 2. The van der Waals surface area contributed by atoms with Crippen LogP contribution >= 0.6 is 27.5 Å². The third-order valence-corrected chi connectivity index (χ3v) is 4.28. The number of hydrogen-bond acceptors (Lipinski definition) is 3. The Morgan fingerprint density at radius 1 is 1.42 bits per heavy atom. The van der Waals surface area contributed by atoms with Crippen molar-refractivity contribution in [3.05, 3.63) is 57.4 Å². The van der Waals surface area contributed by atoms with Crippen molar-refractivity contribution in [2.24, 2.45) is 5.73 Å². The lowest BCUT2D eigenvalue weighted by molar-refractivity contribution is 0.223. The van der Waals surface area contributed by atoms with Crippen LogP contribution in [0.2, 0.25) is 5.02 Å². The second-order valence-electron chi connectivity index (χ2n) is 4.42. The van der Waals surface area contributed by atoms with Crippen LogP contribution in [0.25, 0.3) is 0 Å². The Kier molecular flexibility index (Phi) is 5.05. The minimum Gasteiger partial charge on any atom is -0.468 e. The smallest absolute Gasteiger partial charge is 0.117 e. The van der Waals surface area contributed by atoms with Gasteiger partial charge in [-0.2, -0.15) is 0 Å². The van der Waals surface area contributed by atoms with Crippen molar-refractivity contribution in [2.45, 2.75) is 12.6 Å². The fraction of sp³-hybridized carbons (Fsp3) is 0.286. The molecule has 2 N–H and O–H groups in total. The lowest BCUT2D eigenvalue weighted by atomic mass is 10.1. The van der Waals surface area contributed by atoms with E-state index in [0.29, 0.717) is 11.6 Å². The summed E-state index contributed by atoms with van der Waals surface area (Å²) in [6.45, 7) is 1.25. The molecule has 3 nitrogen and oxygen atoms in total. The highest BCUT2D eigenvalue weighted by Gasteiger charge is 2.17. The van der Waals surface area contributed by atoms with Gasteiger partial charge in [0.15, 0.2) is 0 Å². The van der Waals surface area contributed by atoms with Gasteiger partial charge in [0.25, 0.3) is 0 Å². The molecule has 0 amide bonds. The number of hydrogen-bond donors (Lipinski definition) is 1. The number of rotatable bonds is 5. The summed E-state index contributed by atoms with van der Waals surface area (Å²) in [7, 11) is 2.03. The molecule has 1 unspecified atom stereocenters. The molecule has 102 valence electrons. The first-order valence-corrected chi connectivity index (χ1v) is 7.16. The van der Waals surface area contributed by atoms with Gasteiger partial charge in [-0.15, -0.1) is 0 Å². The molecule has 0 spiro atoms. The van der Waals surface area contributed by atoms with E-state index in [-0.39, 0.29) is 6.04 Å². The Bertz CT molecular complexity index is 530. The van der Waals surface area contributed by atoms with Crippen molar-refractivity contribution in [1.82, 2.24) is 4.90 Å². The van der Waals surface area contributed by atoms with Crippen LogP contribution in [0.3, 0.4) is 0 Å². The molecular weight excluding hydrogens is 328 g/mol. The summed E-state index contributed by atoms with van der Waals surface area (Å²) in [4.78, 5) is 2.16. The Morgan fingerprint density at radius 3 is 2.79 bits per heavy atom. The maximum absolute atomic E-state index is 6.02. The molecule has 1 atom stereocenters. The summed E-state index contributed by atoms with van der Waals surface area (Å²) >= 11 is 9.46. The van der Waals surface area contributed by atoms with Crippen LogP contribution in [0.1, 0.15) is 17.4 Å². The lowest BCUT2D eigenvalue weighted by Crippen LogP contribution is -2.30. The first-order chi connectivity index (χ1) is 9.11. The van der Waals surface area contributed by atoms with E-state index in [1.165, 1.54) is 0 Å². The fourth-order valence-corrected chi connectivity index (χ4v) is 2.56. The maximum atomic E-state index is 6.02. The van der Waals surface area contributed by atoms with Crippen molar-refractivity contribution < 1.29 is 4.42 Å². The van der Waals surface area contributed by atoms with E-state index in [2.05, 4.69) is 20.8 Å². The van der Waals surface area contributed by atoms with Gasteiger partial charge in [0.1, 0.15) is 5.76 Å². The molecule has 0 radical (unpaired) electrons. The zero-order valence-electron chi connectivity index (χ0n) is 10.6. The predicted octanol–water partition coefficient (Wildman–Crippen LogP) is 3.83. The zero-order chi connectivity index (χ0) is 13.8. The Morgan fingerprint density at radius 2 is 2.21 bits per heavy atom. The molecule has 1 aromatic carbocycles. The van der Waals surface area contributed by atoms with E-state index < -0.39 is 0 Å². The Labute approximate surface area is 126 Å². The summed E-state index contributed by atoms with van der Waals surface area (Å²) in [5.74, 6) is 0.925. The highest BCUT2D eigenvalue weighted by atomic mass is 79.9. The highest BCUT2D eigenvalue weighted by molar-refractivity contribution is 9.10. The van der Waals surface area contributed by atoms with Gasteiger partial charge >= 0.3 is 0 Å². The molecule has 2 aromatic rings. The molecule has 1 aromatic heterocycles. The van der Waals surface area contributed by atoms with E-state index >= 15 is 0 Å². The number of furan rings is 1. The molecule has 0 bridgehead atoms. The number of benzene rings is 1. The SMILES string of the molecule is CN(Cc1ccco1)C(CN)c1ccc(Cl)c(Br)c1. The molecule has 2 rings (SSSR count). The molecule has 0 fully saturated rings. The topological polar surface area (TPSA) is 42.4 Å². The van der Waals surface area contributed by atoms with Gasteiger partial charge < -0.3 is 10.2 Å². The van der Waals surface area contributed by atoms with Crippen molar-refractivity contribution in [1.29, 1.82) is 0 Å². The van der Waals surface area contributed by atoms with Crippen LogP contribution in [-0.2, 0) is 6.54 Å². The van der Waals surface area contributed by atoms with Crippen molar-refractivity contribution in [2.75, 3.05) is 13.6 Å². The summed E-state index contributed by atoms with van der Waals surface area (Å²) in [5, 5.41) is 0.702. The van der Waals surface area contributed by atoms with Crippen LogP contribution in [0.4, 0.5) is 0 Å². The van der Waals surface area contributed by atoms with Gasteiger partial charge in [-0.1, -0.05) is 17.7 Å².